The SMILES string of the molecule is COc1ccccc1NC(=O)c1cc(Br)c(Br)s1. The molecular weight excluding hydrogens is 382 g/mol. The van der Waals surface area contributed by atoms with Gasteiger partial charge in [-0.25, -0.2) is 0 Å². The van der Waals surface area contributed by atoms with Crippen molar-refractivity contribution in [2.45, 2.75) is 0 Å². The largest absolute Gasteiger partial charge is 0.495 e. The second-order valence-electron chi connectivity index (χ2n) is 3.39. The zero-order valence-electron chi connectivity index (χ0n) is 9.37. The van der Waals surface area contributed by atoms with Crippen molar-refractivity contribution in [3.05, 3.63) is 43.5 Å². The number of para-hydroxylation sites is 2. The number of rotatable bonds is 3. The van der Waals surface area contributed by atoms with Gasteiger partial charge < -0.3 is 10.1 Å². The number of benzene rings is 1. The van der Waals surface area contributed by atoms with Crippen LogP contribution < -0.4 is 10.1 Å². The first kappa shape index (κ1) is 13.6. The number of thiophene rings is 1. The van der Waals surface area contributed by atoms with E-state index in [1.165, 1.54) is 11.3 Å². The molecule has 6 heteroatoms. The minimum absolute atomic E-state index is 0.157. The first-order valence-corrected chi connectivity index (χ1v) is 7.41. The lowest BCUT2D eigenvalue weighted by molar-refractivity contribution is 0.103. The fourth-order valence-corrected chi connectivity index (χ4v) is 3.32. The van der Waals surface area contributed by atoms with Gasteiger partial charge >= 0.3 is 0 Å². The Bertz CT molecular complexity index is 564. The summed E-state index contributed by atoms with van der Waals surface area (Å²) in [4.78, 5) is 12.7. The molecule has 3 nitrogen and oxygen atoms in total. The van der Waals surface area contributed by atoms with Gasteiger partial charge in [0.1, 0.15) is 5.75 Å². The molecule has 0 bridgehead atoms. The summed E-state index contributed by atoms with van der Waals surface area (Å²) in [5.74, 6) is 0.483. The third-order valence-electron chi connectivity index (χ3n) is 2.22. The minimum atomic E-state index is -0.157. The van der Waals surface area contributed by atoms with E-state index >= 15 is 0 Å². The van der Waals surface area contributed by atoms with Gasteiger partial charge in [0.25, 0.3) is 5.91 Å². The van der Waals surface area contributed by atoms with E-state index < -0.39 is 0 Å². The monoisotopic (exact) mass is 389 g/mol. The number of carbonyl (C=O) groups excluding carboxylic acids is 1. The number of hydrogen-bond donors (Lipinski definition) is 1. The maximum absolute atomic E-state index is 12.0. The summed E-state index contributed by atoms with van der Waals surface area (Å²) in [5.41, 5.74) is 0.658. The molecule has 0 fully saturated rings. The van der Waals surface area contributed by atoms with Crippen LogP contribution >= 0.6 is 43.2 Å². The highest BCUT2D eigenvalue weighted by Gasteiger charge is 2.13. The van der Waals surface area contributed by atoms with Crippen molar-refractivity contribution in [1.82, 2.24) is 0 Å². The molecule has 18 heavy (non-hydrogen) atoms. The van der Waals surface area contributed by atoms with Gasteiger partial charge in [-0.15, -0.1) is 11.3 Å². The van der Waals surface area contributed by atoms with Crippen LogP contribution in [0.2, 0.25) is 0 Å². The average molecular weight is 391 g/mol. The van der Waals surface area contributed by atoms with Crippen LogP contribution in [0.3, 0.4) is 0 Å². The van der Waals surface area contributed by atoms with Gasteiger partial charge in [-0.05, 0) is 50.1 Å². The number of carbonyl (C=O) groups is 1. The van der Waals surface area contributed by atoms with Crippen molar-refractivity contribution in [1.29, 1.82) is 0 Å². The van der Waals surface area contributed by atoms with E-state index in [1.54, 1.807) is 25.3 Å². The number of anilines is 1. The van der Waals surface area contributed by atoms with Gasteiger partial charge in [0.15, 0.2) is 0 Å². The highest BCUT2D eigenvalue weighted by Crippen LogP contribution is 2.33. The molecule has 0 aliphatic heterocycles. The summed E-state index contributed by atoms with van der Waals surface area (Å²) < 4.78 is 6.95. The first-order valence-electron chi connectivity index (χ1n) is 5.01. The highest BCUT2D eigenvalue weighted by atomic mass is 79.9. The Morgan fingerprint density at radius 3 is 2.67 bits per heavy atom. The van der Waals surface area contributed by atoms with E-state index in [1.807, 2.05) is 12.1 Å². The third-order valence-corrected chi connectivity index (χ3v) is 5.48. The fraction of sp³-hybridized carbons (Fsp3) is 0.0833. The van der Waals surface area contributed by atoms with Crippen LogP contribution in [-0.2, 0) is 0 Å². The smallest absolute Gasteiger partial charge is 0.265 e. The van der Waals surface area contributed by atoms with Crippen molar-refractivity contribution >= 4 is 54.8 Å². The average Bonchev–Trinajstić information content (AvgIpc) is 2.70. The number of ether oxygens (including phenoxy) is 1. The van der Waals surface area contributed by atoms with Crippen LogP contribution in [0.1, 0.15) is 9.67 Å². The molecule has 0 aliphatic rings. The molecule has 1 aromatic carbocycles. The third kappa shape index (κ3) is 2.93. The summed E-state index contributed by atoms with van der Waals surface area (Å²) in [6.07, 6.45) is 0. The normalized spacial score (nSPS) is 10.2. The number of amides is 1. The summed E-state index contributed by atoms with van der Waals surface area (Å²) in [5, 5.41) is 2.82. The second-order valence-corrected chi connectivity index (χ2v) is 6.61. The van der Waals surface area contributed by atoms with Gasteiger partial charge in [-0.1, -0.05) is 12.1 Å². The number of halogens is 2. The molecule has 0 radical (unpaired) electrons. The van der Waals surface area contributed by atoms with Crippen LogP contribution in [0, 0.1) is 0 Å². The number of methoxy groups -OCH3 is 1. The van der Waals surface area contributed by atoms with Gasteiger partial charge in [0, 0.05) is 4.47 Å². The van der Waals surface area contributed by atoms with E-state index in [0.29, 0.717) is 16.3 Å². The van der Waals surface area contributed by atoms with Crippen LogP contribution in [0.15, 0.2) is 38.6 Å². The van der Waals surface area contributed by atoms with Crippen LogP contribution in [0.4, 0.5) is 5.69 Å². The van der Waals surface area contributed by atoms with Gasteiger partial charge in [-0.2, -0.15) is 0 Å². The minimum Gasteiger partial charge on any atom is -0.495 e. The molecule has 0 atom stereocenters. The van der Waals surface area contributed by atoms with E-state index in [9.17, 15) is 4.79 Å². The first-order chi connectivity index (χ1) is 8.61. The Balaban J connectivity index is 2.21. The molecule has 0 unspecified atom stereocenters. The zero-order chi connectivity index (χ0) is 13.1. The van der Waals surface area contributed by atoms with Crippen LogP contribution in [0.5, 0.6) is 5.75 Å². The molecule has 2 aromatic rings. The van der Waals surface area contributed by atoms with Crippen molar-refractivity contribution in [2.75, 3.05) is 12.4 Å². The fourth-order valence-electron chi connectivity index (χ4n) is 1.39. The number of nitrogens with one attached hydrogen (secondary N) is 1. The summed E-state index contributed by atoms with van der Waals surface area (Å²) in [6.45, 7) is 0. The Morgan fingerprint density at radius 2 is 2.06 bits per heavy atom. The maximum Gasteiger partial charge on any atom is 0.265 e. The Hall–Kier alpha value is -0.850. The quantitative estimate of drug-likeness (QED) is 0.835. The lowest BCUT2D eigenvalue weighted by Crippen LogP contribution is -2.10. The molecule has 1 N–H and O–H groups in total. The maximum atomic E-state index is 12.0. The Morgan fingerprint density at radius 1 is 1.33 bits per heavy atom. The lowest BCUT2D eigenvalue weighted by Gasteiger charge is -2.08. The summed E-state index contributed by atoms with van der Waals surface area (Å²) >= 11 is 8.09. The molecule has 1 amide bonds. The van der Waals surface area contributed by atoms with Crippen molar-refractivity contribution < 1.29 is 9.53 Å². The molecule has 2 rings (SSSR count). The summed E-state index contributed by atoms with van der Waals surface area (Å²) in [6, 6.07) is 9.08. The second kappa shape index (κ2) is 5.86. The lowest BCUT2D eigenvalue weighted by atomic mass is 10.3. The van der Waals surface area contributed by atoms with Crippen molar-refractivity contribution in [2.24, 2.45) is 0 Å². The Labute approximate surface area is 125 Å². The van der Waals surface area contributed by atoms with Crippen LogP contribution in [-0.4, -0.2) is 13.0 Å². The Kier molecular flexibility index (Phi) is 4.42. The van der Waals surface area contributed by atoms with Gasteiger partial charge in [-0.3, -0.25) is 4.79 Å². The molecule has 0 saturated carbocycles. The highest BCUT2D eigenvalue weighted by molar-refractivity contribution is 9.13. The molecule has 0 saturated heterocycles. The van der Waals surface area contributed by atoms with Crippen molar-refractivity contribution in [3.63, 3.8) is 0 Å². The summed E-state index contributed by atoms with van der Waals surface area (Å²) in [7, 11) is 1.57. The van der Waals surface area contributed by atoms with E-state index in [4.69, 9.17) is 4.74 Å². The zero-order valence-corrected chi connectivity index (χ0v) is 13.4. The number of hydrogen-bond acceptors (Lipinski definition) is 3. The standard InChI is InChI=1S/C12H9Br2NO2S/c1-17-9-5-3-2-4-8(9)15-12(16)10-6-7(13)11(14)18-10/h2-6H,1H3,(H,15,16). The van der Waals surface area contributed by atoms with E-state index in [-0.39, 0.29) is 5.91 Å². The van der Waals surface area contributed by atoms with E-state index in [0.717, 1.165) is 8.26 Å². The molecule has 0 spiro atoms. The molecular formula is C12H9Br2NO2S. The molecule has 0 aliphatic carbocycles. The van der Waals surface area contributed by atoms with Crippen LogP contribution in [0.25, 0.3) is 0 Å². The van der Waals surface area contributed by atoms with Crippen molar-refractivity contribution in [3.8, 4) is 5.75 Å². The molecule has 1 aromatic heterocycles. The van der Waals surface area contributed by atoms with Gasteiger partial charge in [0.05, 0.1) is 21.5 Å². The predicted octanol–water partition coefficient (Wildman–Crippen LogP) is 4.53. The molecule has 94 valence electrons. The topological polar surface area (TPSA) is 38.3 Å². The molecule has 1 heterocycles. The predicted molar refractivity (Wildman–Crippen MR) is 80.7 cm³/mol. The van der Waals surface area contributed by atoms with E-state index in [2.05, 4.69) is 37.2 Å². The van der Waals surface area contributed by atoms with Gasteiger partial charge in [0.2, 0.25) is 0 Å².